The Hall–Kier alpha value is -0.330. The Morgan fingerprint density at radius 3 is 2.10 bits per heavy atom. The van der Waals surface area contributed by atoms with E-state index in [0.29, 0.717) is 46.2 Å². The number of ketones is 1. The van der Waals surface area contributed by atoms with E-state index in [9.17, 15) is 4.79 Å². The van der Waals surface area contributed by atoms with E-state index in [4.69, 9.17) is 0 Å². The Balaban J connectivity index is 0.000000807. The molecule has 4 rings (SSSR count). The van der Waals surface area contributed by atoms with Crippen molar-refractivity contribution in [1.29, 1.82) is 0 Å². The summed E-state index contributed by atoms with van der Waals surface area (Å²) in [7, 11) is 0. The fourth-order valence-electron chi connectivity index (χ4n) is 9.35. The number of Topliss-reactive ketones (excluding diaryl/α,β-unsaturated/α-hetero) is 1. The van der Waals surface area contributed by atoms with E-state index < -0.39 is 0 Å². The van der Waals surface area contributed by atoms with Crippen LogP contribution in [-0.2, 0) is 4.79 Å². The van der Waals surface area contributed by atoms with Crippen molar-refractivity contribution >= 4 is 5.78 Å². The Kier molecular flexibility index (Phi) is 9.72. The molecule has 0 radical (unpaired) electrons. The molecule has 1 nitrogen and oxygen atoms in total. The Labute approximate surface area is 195 Å². The van der Waals surface area contributed by atoms with Crippen molar-refractivity contribution in [3.8, 4) is 0 Å². The van der Waals surface area contributed by atoms with Crippen LogP contribution in [0.4, 0.5) is 0 Å². The molecule has 1 heteroatoms. The zero-order valence-corrected chi connectivity index (χ0v) is 22.7. The van der Waals surface area contributed by atoms with Crippen LogP contribution < -0.4 is 0 Å². The lowest BCUT2D eigenvalue weighted by atomic mass is 9.42. The molecule has 0 heterocycles. The van der Waals surface area contributed by atoms with E-state index in [-0.39, 0.29) is 0 Å². The van der Waals surface area contributed by atoms with Crippen LogP contribution in [0.1, 0.15) is 133 Å². The molecule has 8 unspecified atom stereocenters. The molecule has 9 atom stereocenters. The summed E-state index contributed by atoms with van der Waals surface area (Å²) in [6, 6.07) is 0. The third-order valence-corrected chi connectivity index (χ3v) is 10.6. The van der Waals surface area contributed by atoms with Crippen LogP contribution in [-0.4, -0.2) is 5.78 Å². The summed E-state index contributed by atoms with van der Waals surface area (Å²) in [5, 5.41) is 0. The Morgan fingerprint density at radius 2 is 1.48 bits per heavy atom. The molecule has 0 aromatic carbocycles. The predicted octanol–water partition coefficient (Wildman–Crippen LogP) is 9.34. The second-order valence-corrected chi connectivity index (χ2v) is 11.5. The van der Waals surface area contributed by atoms with Gasteiger partial charge < -0.3 is 0 Å². The van der Waals surface area contributed by atoms with Crippen molar-refractivity contribution in [2.75, 3.05) is 0 Å². The van der Waals surface area contributed by atoms with Crippen LogP contribution in [0.3, 0.4) is 0 Å². The lowest BCUT2D eigenvalue weighted by molar-refractivity contribution is -0.168. The summed E-state index contributed by atoms with van der Waals surface area (Å²) in [6.45, 7) is 20.3. The van der Waals surface area contributed by atoms with Gasteiger partial charge >= 0.3 is 0 Å². The molecule has 31 heavy (non-hydrogen) atoms. The van der Waals surface area contributed by atoms with Gasteiger partial charge in [-0.05, 0) is 85.4 Å². The maximum Gasteiger partial charge on any atom is 0.139 e. The molecule has 0 N–H and O–H groups in total. The molecule has 4 saturated carbocycles. The molecule has 0 spiro atoms. The summed E-state index contributed by atoms with van der Waals surface area (Å²) in [5.41, 5.74) is 0.882. The highest BCUT2D eigenvalue weighted by atomic mass is 16.1. The summed E-state index contributed by atoms with van der Waals surface area (Å²) >= 11 is 0. The molecule has 0 aliphatic heterocycles. The van der Waals surface area contributed by atoms with Crippen molar-refractivity contribution in [2.24, 2.45) is 52.3 Å². The van der Waals surface area contributed by atoms with Gasteiger partial charge in [-0.15, -0.1) is 0 Å². The van der Waals surface area contributed by atoms with E-state index in [2.05, 4.69) is 34.6 Å². The first-order chi connectivity index (χ1) is 14.9. The van der Waals surface area contributed by atoms with Crippen LogP contribution in [0, 0.1) is 52.3 Å². The highest BCUT2D eigenvalue weighted by molar-refractivity contribution is 5.86. The van der Waals surface area contributed by atoms with Gasteiger partial charge in [0.1, 0.15) is 5.78 Å². The van der Waals surface area contributed by atoms with Crippen LogP contribution in [0.25, 0.3) is 0 Å². The van der Waals surface area contributed by atoms with Gasteiger partial charge in [0, 0.05) is 11.8 Å². The van der Waals surface area contributed by atoms with Gasteiger partial charge in [-0.1, -0.05) is 88.0 Å². The van der Waals surface area contributed by atoms with Gasteiger partial charge in [0.25, 0.3) is 0 Å². The second kappa shape index (κ2) is 11.2. The Morgan fingerprint density at radius 1 is 0.839 bits per heavy atom. The average Bonchev–Trinajstić information content (AvgIpc) is 3.14. The van der Waals surface area contributed by atoms with E-state index >= 15 is 0 Å². The lowest BCUT2D eigenvalue weighted by Gasteiger charge is -2.62. The van der Waals surface area contributed by atoms with Crippen molar-refractivity contribution in [3.05, 3.63) is 0 Å². The third kappa shape index (κ3) is 4.42. The first-order valence-electron chi connectivity index (χ1n) is 14.4. The van der Waals surface area contributed by atoms with Gasteiger partial charge in [-0.2, -0.15) is 0 Å². The van der Waals surface area contributed by atoms with Crippen LogP contribution in [0.15, 0.2) is 0 Å². The summed E-state index contributed by atoms with van der Waals surface area (Å²) in [6.07, 6.45) is 14.7. The summed E-state index contributed by atoms with van der Waals surface area (Å²) < 4.78 is 0. The molecule has 0 saturated heterocycles. The summed E-state index contributed by atoms with van der Waals surface area (Å²) in [5.74, 6) is 5.22. The number of carbonyl (C=O) groups is 1. The molecule has 182 valence electrons. The quantitative estimate of drug-likeness (QED) is 0.432. The van der Waals surface area contributed by atoms with Gasteiger partial charge in [0.2, 0.25) is 0 Å². The topological polar surface area (TPSA) is 17.1 Å². The van der Waals surface area contributed by atoms with Gasteiger partial charge in [-0.25, -0.2) is 0 Å². The average molecular weight is 433 g/mol. The van der Waals surface area contributed by atoms with Crippen molar-refractivity contribution in [2.45, 2.75) is 133 Å². The molecule has 4 fully saturated rings. The maximum atomic E-state index is 13.9. The second-order valence-electron chi connectivity index (χ2n) is 11.5. The molecular weight excluding hydrogens is 376 g/mol. The van der Waals surface area contributed by atoms with E-state index in [1.54, 1.807) is 0 Å². The zero-order valence-electron chi connectivity index (χ0n) is 22.7. The minimum atomic E-state index is 0.367. The lowest BCUT2D eigenvalue weighted by Crippen LogP contribution is -2.59. The molecular formula is C30H56O. The van der Waals surface area contributed by atoms with Crippen LogP contribution >= 0.6 is 0 Å². The number of carbonyl (C=O) groups excluding carboxylic acids is 1. The molecule has 0 aromatic rings. The minimum Gasteiger partial charge on any atom is -0.299 e. The van der Waals surface area contributed by atoms with E-state index in [1.165, 1.54) is 64.2 Å². The van der Waals surface area contributed by atoms with Gasteiger partial charge in [-0.3, -0.25) is 4.79 Å². The largest absolute Gasteiger partial charge is 0.299 e. The molecule has 4 aliphatic carbocycles. The van der Waals surface area contributed by atoms with E-state index in [1.807, 2.05) is 27.7 Å². The standard InChI is InChI=1S/C26H44O.2C2H6/c1-6-10-17(3)19-12-13-21-23-22(14-16-26(19,21)5)25(4)15-9-8-11-20(25)18(7-2)24(23)27;2*1-2/h17-23H,6-16H2,1-5H3;2*1-2H3/t17-,18?,19?,20?,21?,22?,23?,25?,26?;;/m1../s1. The fraction of sp³-hybridized carbons (Fsp3) is 0.967. The number of hydrogen-bond acceptors (Lipinski definition) is 1. The molecule has 0 bridgehead atoms. The number of hydrogen-bond donors (Lipinski definition) is 0. The van der Waals surface area contributed by atoms with Crippen molar-refractivity contribution in [1.82, 2.24) is 0 Å². The highest BCUT2D eigenvalue weighted by Crippen LogP contribution is 2.68. The van der Waals surface area contributed by atoms with Crippen LogP contribution in [0.5, 0.6) is 0 Å². The Bertz CT molecular complexity index is 567. The predicted molar refractivity (Wildman–Crippen MR) is 136 cm³/mol. The maximum absolute atomic E-state index is 13.9. The number of rotatable bonds is 4. The van der Waals surface area contributed by atoms with Gasteiger partial charge in [0.15, 0.2) is 0 Å². The monoisotopic (exact) mass is 432 g/mol. The van der Waals surface area contributed by atoms with E-state index in [0.717, 1.165) is 18.3 Å². The molecule has 0 amide bonds. The first-order valence-corrected chi connectivity index (χ1v) is 14.4. The smallest absolute Gasteiger partial charge is 0.139 e. The SMILES string of the molecule is CC.CC.CCC[C@@H](C)C1CCC2C3C(=O)C(CC)C4CCCCC4(C)C3CCC21C. The molecule has 4 aliphatic rings. The van der Waals surface area contributed by atoms with Gasteiger partial charge in [0.05, 0.1) is 0 Å². The van der Waals surface area contributed by atoms with Crippen molar-refractivity contribution < 1.29 is 4.79 Å². The number of fused-ring (bicyclic) bond motifs is 5. The highest BCUT2D eigenvalue weighted by Gasteiger charge is 2.64. The summed E-state index contributed by atoms with van der Waals surface area (Å²) in [4.78, 5) is 13.9. The normalized spacial score (nSPS) is 44.5. The first kappa shape index (κ1) is 26.9. The minimum absolute atomic E-state index is 0.367. The third-order valence-electron chi connectivity index (χ3n) is 10.6. The fourth-order valence-corrected chi connectivity index (χ4v) is 9.35. The zero-order chi connectivity index (χ0) is 23.4. The van der Waals surface area contributed by atoms with Crippen LogP contribution in [0.2, 0.25) is 0 Å². The van der Waals surface area contributed by atoms with Crippen molar-refractivity contribution in [3.63, 3.8) is 0 Å². The molecule has 0 aromatic heterocycles.